The van der Waals surface area contributed by atoms with E-state index in [2.05, 4.69) is 16.8 Å². The van der Waals surface area contributed by atoms with E-state index in [-0.39, 0.29) is 17.4 Å². The van der Waals surface area contributed by atoms with Crippen LogP contribution in [0.2, 0.25) is 0 Å². The molecule has 0 aromatic heterocycles. The molecule has 1 aliphatic carbocycles. The molecule has 1 unspecified atom stereocenters. The minimum Gasteiger partial charge on any atom is -0.337 e. The van der Waals surface area contributed by atoms with Gasteiger partial charge in [0.2, 0.25) is 5.91 Å². The lowest BCUT2D eigenvalue weighted by atomic mass is 9.84. The molecular weight excluding hydrogens is 252 g/mol. The second-order valence-corrected chi connectivity index (χ2v) is 7.09. The van der Waals surface area contributed by atoms with Gasteiger partial charge in [-0.3, -0.25) is 9.59 Å². The number of carbonyl (C=O) groups is 2. The molecular formula is C16H26N2O2. The molecule has 1 spiro atoms. The van der Waals surface area contributed by atoms with Gasteiger partial charge in [-0.15, -0.1) is 0 Å². The van der Waals surface area contributed by atoms with Crippen molar-refractivity contribution in [3.8, 4) is 0 Å². The van der Waals surface area contributed by atoms with Crippen LogP contribution in [-0.4, -0.2) is 53.7 Å². The van der Waals surface area contributed by atoms with Crippen molar-refractivity contribution in [2.24, 2.45) is 11.8 Å². The van der Waals surface area contributed by atoms with E-state index in [0.717, 1.165) is 58.2 Å². The zero-order chi connectivity index (χ0) is 14.3. The molecule has 0 N–H and O–H groups in total. The summed E-state index contributed by atoms with van der Waals surface area (Å²) < 4.78 is 0. The van der Waals surface area contributed by atoms with Crippen LogP contribution in [0.3, 0.4) is 0 Å². The highest BCUT2D eigenvalue weighted by Gasteiger charge is 2.54. The fourth-order valence-corrected chi connectivity index (χ4v) is 3.98. The molecule has 2 heterocycles. The summed E-state index contributed by atoms with van der Waals surface area (Å²) in [6, 6.07) is 0. The van der Waals surface area contributed by atoms with Crippen molar-refractivity contribution in [1.82, 2.24) is 9.80 Å². The van der Waals surface area contributed by atoms with Gasteiger partial charge in [-0.1, -0.05) is 0 Å². The van der Waals surface area contributed by atoms with E-state index in [1.165, 1.54) is 0 Å². The summed E-state index contributed by atoms with van der Waals surface area (Å²) in [4.78, 5) is 28.9. The van der Waals surface area contributed by atoms with E-state index < -0.39 is 0 Å². The molecule has 112 valence electrons. The minimum absolute atomic E-state index is 0.0645. The average Bonchev–Trinajstić information content (AvgIpc) is 3.18. The SMILES string of the molecule is CC(=O)C1CCN(C(=O)C2CCN(C)CC2)C2(CC2)C1. The number of rotatable bonds is 2. The first-order valence-electron chi connectivity index (χ1n) is 8.02. The van der Waals surface area contributed by atoms with Gasteiger partial charge in [-0.2, -0.15) is 0 Å². The second kappa shape index (κ2) is 5.14. The van der Waals surface area contributed by atoms with Crippen LogP contribution in [0.1, 0.15) is 45.4 Å². The predicted molar refractivity (Wildman–Crippen MR) is 77.3 cm³/mol. The molecule has 4 heteroatoms. The molecule has 1 saturated carbocycles. The average molecular weight is 278 g/mol. The summed E-state index contributed by atoms with van der Waals surface area (Å²) in [7, 11) is 2.13. The van der Waals surface area contributed by atoms with Crippen molar-refractivity contribution >= 4 is 11.7 Å². The first-order chi connectivity index (χ1) is 9.52. The maximum absolute atomic E-state index is 12.8. The van der Waals surface area contributed by atoms with E-state index in [4.69, 9.17) is 0 Å². The Kier molecular flexibility index (Phi) is 3.61. The summed E-state index contributed by atoms with van der Waals surface area (Å²) in [5.41, 5.74) is 0.0645. The summed E-state index contributed by atoms with van der Waals surface area (Å²) in [5, 5.41) is 0. The Hall–Kier alpha value is -0.900. The third-order valence-corrected chi connectivity index (χ3v) is 5.64. The molecule has 2 saturated heterocycles. The molecule has 0 aromatic rings. The number of ketones is 1. The molecule has 3 aliphatic rings. The van der Waals surface area contributed by atoms with Crippen LogP contribution in [0.25, 0.3) is 0 Å². The molecule has 4 nitrogen and oxygen atoms in total. The van der Waals surface area contributed by atoms with Gasteiger partial charge in [-0.25, -0.2) is 0 Å². The van der Waals surface area contributed by atoms with Crippen LogP contribution in [-0.2, 0) is 9.59 Å². The van der Waals surface area contributed by atoms with Crippen LogP contribution in [0.15, 0.2) is 0 Å². The third-order valence-electron chi connectivity index (χ3n) is 5.64. The molecule has 2 aliphatic heterocycles. The smallest absolute Gasteiger partial charge is 0.226 e. The van der Waals surface area contributed by atoms with Crippen molar-refractivity contribution in [3.05, 3.63) is 0 Å². The summed E-state index contributed by atoms with van der Waals surface area (Å²) >= 11 is 0. The molecule has 3 fully saturated rings. The summed E-state index contributed by atoms with van der Waals surface area (Å²) in [5.74, 6) is 1.09. The quantitative estimate of drug-likeness (QED) is 0.772. The zero-order valence-corrected chi connectivity index (χ0v) is 12.7. The van der Waals surface area contributed by atoms with Crippen molar-refractivity contribution in [3.63, 3.8) is 0 Å². The highest BCUT2D eigenvalue weighted by atomic mass is 16.2. The first kappa shape index (κ1) is 14.1. The van der Waals surface area contributed by atoms with Crippen LogP contribution in [0.5, 0.6) is 0 Å². The van der Waals surface area contributed by atoms with Crippen molar-refractivity contribution in [1.29, 1.82) is 0 Å². The number of hydrogen-bond acceptors (Lipinski definition) is 3. The van der Waals surface area contributed by atoms with Gasteiger partial charge in [0, 0.05) is 23.9 Å². The Bertz CT molecular complexity index is 409. The topological polar surface area (TPSA) is 40.6 Å². The molecule has 0 radical (unpaired) electrons. The van der Waals surface area contributed by atoms with Crippen molar-refractivity contribution in [2.45, 2.75) is 51.0 Å². The van der Waals surface area contributed by atoms with E-state index >= 15 is 0 Å². The van der Waals surface area contributed by atoms with Gasteiger partial charge in [0.05, 0.1) is 0 Å². The Morgan fingerprint density at radius 2 is 1.60 bits per heavy atom. The Morgan fingerprint density at radius 1 is 1.00 bits per heavy atom. The maximum Gasteiger partial charge on any atom is 0.226 e. The van der Waals surface area contributed by atoms with E-state index in [1.807, 2.05) is 0 Å². The maximum atomic E-state index is 12.8. The molecule has 0 aromatic carbocycles. The lowest BCUT2D eigenvalue weighted by molar-refractivity contribution is -0.144. The van der Waals surface area contributed by atoms with Crippen LogP contribution in [0, 0.1) is 11.8 Å². The first-order valence-corrected chi connectivity index (χ1v) is 8.02. The van der Waals surface area contributed by atoms with Crippen molar-refractivity contribution < 1.29 is 9.59 Å². The highest BCUT2D eigenvalue weighted by molar-refractivity contribution is 5.82. The largest absolute Gasteiger partial charge is 0.337 e. The van der Waals surface area contributed by atoms with Crippen molar-refractivity contribution in [2.75, 3.05) is 26.7 Å². The van der Waals surface area contributed by atoms with Crippen LogP contribution < -0.4 is 0 Å². The number of nitrogens with zero attached hydrogens (tertiary/aromatic N) is 2. The number of hydrogen-bond donors (Lipinski definition) is 0. The van der Waals surface area contributed by atoms with Gasteiger partial charge in [0.25, 0.3) is 0 Å². The van der Waals surface area contributed by atoms with Crippen LogP contribution in [0.4, 0.5) is 0 Å². The zero-order valence-electron chi connectivity index (χ0n) is 12.7. The van der Waals surface area contributed by atoms with E-state index in [0.29, 0.717) is 11.7 Å². The molecule has 1 amide bonds. The van der Waals surface area contributed by atoms with Gasteiger partial charge in [0.1, 0.15) is 5.78 Å². The number of Topliss-reactive ketones (excluding diaryl/α,β-unsaturated/α-hetero) is 1. The third kappa shape index (κ3) is 2.50. The fraction of sp³-hybridized carbons (Fsp3) is 0.875. The van der Waals surface area contributed by atoms with E-state index in [9.17, 15) is 9.59 Å². The minimum atomic E-state index is 0.0645. The lowest BCUT2D eigenvalue weighted by Crippen LogP contribution is -2.52. The normalized spacial score (nSPS) is 30.5. The summed E-state index contributed by atoms with van der Waals surface area (Å²) in [6.07, 6.45) is 6.00. The van der Waals surface area contributed by atoms with Gasteiger partial charge in [0.15, 0.2) is 0 Å². The van der Waals surface area contributed by atoms with E-state index in [1.54, 1.807) is 6.92 Å². The Labute approximate surface area is 121 Å². The van der Waals surface area contributed by atoms with Gasteiger partial charge in [-0.05, 0) is 65.6 Å². The van der Waals surface area contributed by atoms with Gasteiger partial charge < -0.3 is 9.80 Å². The monoisotopic (exact) mass is 278 g/mol. The summed E-state index contributed by atoms with van der Waals surface area (Å²) in [6.45, 7) is 4.57. The van der Waals surface area contributed by atoms with Gasteiger partial charge >= 0.3 is 0 Å². The number of carbonyl (C=O) groups excluding carboxylic acids is 2. The fourth-order valence-electron chi connectivity index (χ4n) is 3.98. The molecule has 20 heavy (non-hydrogen) atoms. The molecule has 0 bridgehead atoms. The van der Waals surface area contributed by atoms with Crippen LogP contribution >= 0.6 is 0 Å². The molecule has 1 atom stereocenters. The molecule has 3 rings (SSSR count). The number of amides is 1. The lowest BCUT2D eigenvalue weighted by Gasteiger charge is -2.42. The number of likely N-dealkylation sites (tertiary alicyclic amines) is 2. The standard InChI is InChI=1S/C16H26N2O2/c1-12(19)14-5-10-18(16(11-14)6-7-16)15(20)13-3-8-17(2)9-4-13/h13-14H,3-11H2,1-2H3. The number of piperidine rings is 2. The highest BCUT2D eigenvalue weighted by Crippen LogP contribution is 2.50. The predicted octanol–water partition coefficient (Wildman–Crippen LogP) is 1.69. The Balaban J connectivity index is 1.65. The Morgan fingerprint density at radius 3 is 2.15 bits per heavy atom. The second-order valence-electron chi connectivity index (χ2n) is 7.09.